The summed E-state index contributed by atoms with van der Waals surface area (Å²) in [5, 5.41) is 48.1. The van der Waals surface area contributed by atoms with E-state index < -0.39 is 0 Å². The van der Waals surface area contributed by atoms with Gasteiger partial charge in [-0.25, -0.2) is 0 Å². The molecule has 55 heavy (non-hydrogen) atoms. The van der Waals surface area contributed by atoms with E-state index in [9.17, 15) is 0 Å². The summed E-state index contributed by atoms with van der Waals surface area (Å²) in [4.78, 5) is 4.32. The number of nitrogens with two attached hydrogens (primary N) is 6. The van der Waals surface area contributed by atoms with Gasteiger partial charge in [-0.3, -0.25) is 21.2 Å². The highest BCUT2D eigenvalue weighted by Gasteiger charge is 2.21. The van der Waals surface area contributed by atoms with Crippen LogP contribution in [-0.4, -0.2) is 34.6 Å². The van der Waals surface area contributed by atoms with Crippen LogP contribution in [0.2, 0.25) is 0 Å². The van der Waals surface area contributed by atoms with E-state index in [2.05, 4.69) is 41.1 Å². The van der Waals surface area contributed by atoms with E-state index in [-0.39, 0.29) is 49.5 Å². The van der Waals surface area contributed by atoms with Crippen LogP contribution in [-0.2, 0) is 13.1 Å². The molecule has 0 unspecified atom stereocenters. The van der Waals surface area contributed by atoms with E-state index in [4.69, 9.17) is 56.3 Å². The Morgan fingerprint density at radius 1 is 0.582 bits per heavy atom. The Hall–Kier alpha value is -6.72. The second kappa shape index (κ2) is 24.5. The van der Waals surface area contributed by atoms with Crippen molar-refractivity contribution in [2.24, 2.45) is 75.6 Å². The predicted molar refractivity (Wildman–Crippen MR) is 222 cm³/mol. The number of nitrogens with one attached hydrogen (secondary N) is 4. The van der Waals surface area contributed by atoms with Crippen LogP contribution in [0, 0.1) is 21.8 Å². The Kier molecular flexibility index (Phi) is 20.6. The molecule has 0 amide bonds. The summed E-state index contributed by atoms with van der Waals surface area (Å²) in [5.74, 6) is 5.35. The van der Waals surface area contributed by atoms with Crippen LogP contribution >= 0.6 is 0 Å². The van der Waals surface area contributed by atoms with Gasteiger partial charge in [0.05, 0.1) is 13.1 Å². The van der Waals surface area contributed by atoms with Crippen molar-refractivity contribution in [3.63, 3.8) is 0 Å². The first-order valence-corrected chi connectivity index (χ1v) is 16.9. The van der Waals surface area contributed by atoms with Crippen LogP contribution in [0.25, 0.3) is 0 Å². The fourth-order valence-corrected chi connectivity index (χ4v) is 5.50. The third kappa shape index (κ3) is 14.7. The van der Waals surface area contributed by atoms with E-state index in [0.717, 1.165) is 97.0 Å². The third-order valence-corrected chi connectivity index (χ3v) is 8.30. The van der Waals surface area contributed by atoms with Crippen molar-refractivity contribution < 1.29 is 0 Å². The Balaban J connectivity index is 0.000000415. The zero-order chi connectivity index (χ0) is 38.6. The molecule has 0 radical (unpaired) electrons. The molecule has 2 aromatic carbocycles. The van der Waals surface area contributed by atoms with Crippen molar-refractivity contribution in [3.05, 3.63) is 106 Å². The zero-order valence-electron chi connectivity index (χ0n) is 29.6. The first kappa shape index (κ1) is 46.3. The van der Waals surface area contributed by atoms with Crippen LogP contribution in [0.5, 0.6) is 0 Å². The maximum absolute atomic E-state index is 8.16. The van der Waals surface area contributed by atoms with Gasteiger partial charge in [0.15, 0.2) is 17.5 Å². The summed E-state index contributed by atoms with van der Waals surface area (Å²) in [7, 11) is 0. The topological polar surface area (TPSA) is 350 Å². The number of nitrogens with zero attached hydrogens (tertiary/aromatic N) is 8. The van der Waals surface area contributed by atoms with Crippen molar-refractivity contribution in [3.8, 4) is 0 Å². The van der Waals surface area contributed by atoms with Crippen LogP contribution < -0.4 is 34.5 Å². The highest BCUT2D eigenvalue weighted by molar-refractivity contribution is 6.47. The zero-order valence-corrected chi connectivity index (χ0v) is 29.6. The average Bonchev–Trinajstić information content (AvgIpc) is 3.93. The van der Waals surface area contributed by atoms with Crippen molar-refractivity contribution in [1.82, 2.24) is 0 Å². The van der Waals surface area contributed by atoms with Crippen molar-refractivity contribution >= 4 is 34.6 Å². The minimum Gasteiger partial charge on any atom is -0.402 e. The molecule has 0 fully saturated rings. The lowest BCUT2D eigenvalue weighted by molar-refractivity contribution is 0.891. The van der Waals surface area contributed by atoms with Gasteiger partial charge < -0.3 is 34.5 Å². The molecule has 18 heteroatoms. The lowest BCUT2D eigenvalue weighted by Crippen LogP contribution is -2.25. The normalized spacial score (nSPS) is 15.9. The Labute approximate surface area is 322 Å². The molecule has 0 atom stereocenters. The van der Waals surface area contributed by atoms with Gasteiger partial charge >= 0.3 is 0 Å². The molecule has 3 aliphatic carbocycles. The van der Waals surface area contributed by atoms with Crippen LogP contribution in [0.15, 0.2) is 136 Å². The SMILES string of the molecule is C.C.N=C(C(N)=NN=NCc1ccccc1)C1=C(N)CCC1.N=C(C(N=NN)=NCc1ccccc1)C1=C(N)CCC1.N=NN=C(N)C(=N)C1=C(N)CCC1. The minimum absolute atomic E-state index is 0. The van der Waals surface area contributed by atoms with E-state index in [0.29, 0.717) is 18.8 Å². The molecule has 0 saturated heterocycles. The molecule has 0 aromatic heterocycles. The molecule has 294 valence electrons. The van der Waals surface area contributed by atoms with Gasteiger partial charge in [0.25, 0.3) is 0 Å². The summed E-state index contributed by atoms with van der Waals surface area (Å²) in [6.07, 6.45) is 7.67. The summed E-state index contributed by atoms with van der Waals surface area (Å²) < 4.78 is 0. The monoisotopic (exact) mass is 752 g/mol. The quantitative estimate of drug-likeness (QED) is 0.0372. The lowest BCUT2D eigenvalue weighted by atomic mass is 10.1. The summed E-state index contributed by atoms with van der Waals surface area (Å²) in [6, 6.07) is 19.5. The highest BCUT2D eigenvalue weighted by Crippen LogP contribution is 2.25. The lowest BCUT2D eigenvalue weighted by Gasteiger charge is -2.05. The predicted octanol–water partition coefficient (Wildman–Crippen LogP) is 6.63. The molecule has 5 rings (SSSR count). The van der Waals surface area contributed by atoms with Gasteiger partial charge in [-0.2, -0.15) is 10.6 Å². The maximum atomic E-state index is 8.16. The van der Waals surface area contributed by atoms with E-state index in [1.807, 2.05) is 60.7 Å². The van der Waals surface area contributed by atoms with E-state index >= 15 is 0 Å². The van der Waals surface area contributed by atoms with Crippen LogP contribution in [0.1, 0.15) is 83.8 Å². The highest BCUT2D eigenvalue weighted by atomic mass is 15.4. The standard InChI is InChI=1S/2C14H18N6.C7H12N6.2CH4/c15-12-8-4-7-11(12)13(16)14(19-20-17)18-9-10-5-2-1-3-6-10;15-12-8-4-7-11(12)13(16)14(17)19-20-18-9-10-5-2-1-3-6-10;8-5-3-1-2-4(5)6(9)7(10)12-13-11;;/h2*1-3,5-6,16H,4,7-9,15H2,(H2,17,18,19);9H,1-3,8H2,(H3,10,11,12);2*1H4. The molecular weight excluding hydrogens is 697 g/mol. The fraction of sp³-hybridized carbons (Fsp3) is 0.351. The van der Waals surface area contributed by atoms with Gasteiger partial charge in [-0.1, -0.05) is 86.0 Å². The van der Waals surface area contributed by atoms with Crippen molar-refractivity contribution in [2.45, 2.75) is 85.7 Å². The van der Waals surface area contributed by atoms with Crippen molar-refractivity contribution in [1.29, 1.82) is 21.8 Å². The van der Waals surface area contributed by atoms with Crippen molar-refractivity contribution in [2.75, 3.05) is 0 Å². The fourth-order valence-electron chi connectivity index (χ4n) is 5.50. The molecule has 3 aliphatic rings. The molecule has 18 nitrogen and oxygen atoms in total. The largest absolute Gasteiger partial charge is 0.402 e. The second-order valence-electron chi connectivity index (χ2n) is 12.0. The second-order valence-corrected chi connectivity index (χ2v) is 12.0. The Bertz CT molecular complexity index is 1870. The number of allylic oxidation sites excluding steroid dienone is 3. The Morgan fingerprint density at radius 3 is 1.40 bits per heavy atom. The third-order valence-electron chi connectivity index (χ3n) is 8.30. The van der Waals surface area contributed by atoms with Gasteiger partial charge in [0.2, 0.25) is 0 Å². The number of rotatable bonds is 12. The van der Waals surface area contributed by atoms with Crippen LogP contribution in [0.3, 0.4) is 0 Å². The molecule has 0 spiro atoms. The molecule has 16 N–H and O–H groups in total. The average molecular weight is 753 g/mol. The number of benzene rings is 2. The summed E-state index contributed by atoms with van der Waals surface area (Å²) in [6.45, 7) is 0.876. The minimum atomic E-state index is -0.0464. The van der Waals surface area contributed by atoms with E-state index in [1.54, 1.807) is 0 Å². The molecule has 0 aliphatic heterocycles. The van der Waals surface area contributed by atoms with Gasteiger partial charge in [-0.05, 0) is 90.9 Å². The Morgan fingerprint density at radius 2 is 1.00 bits per heavy atom. The van der Waals surface area contributed by atoms with Gasteiger partial charge in [0, 0.05) is 17.1 Å². The van der Waals surface area contributed by atoms with Crippen LogP contribution in [0.4, 0.5) is 0 Å². The number of amidine groups is 3. The summed E-state index contributed by atoms with van der Waals surface area (Å²) in [5.41, 5.74) is 42.1. The molecule has 0 saturated carbocycles. The molecular formula is C37H56N18. The van der Waals surface area contributed by atoms with Gasteiger partial charge in [0.1, 0.15) is 17.1 Å². The number of aliphatic imine (C=N–C) groups is 1. The molecule has 0 heterocycles. The first-order valence-electron chi connectivity index (χ1n) is 16.9. The van der Waals surface area contributed by atoms with Gasteiger partial charge in [-0.15, -0.1) is 15.3 Å². The van der Waals surface area contributed by atoms with E-state index in [1.165, 1.54) is 0 Å². The number of hydrogen-bond acceptors (Lipinski definition) is 12. The molecule has 0 bridgehead atoms. The maximum Gasteiger partial charge on any atom is 0.197 e. The summed E-state index contributed by atoms with van der Waals surface area (Å²) >= 11 is 0. The molecule has 2 aromatic rings. The first-order chi connectivity index (χ1) is 25.6. The number of hydrogen-bond donors (Lipinski definition) is 10. The smallest absolute Gasteiger partial charge is 0.197 e.